The topological polar surface area (TPSA) is 104 Å². The molecule has 0 saturated heterocycles. The Morgan fingerprint density at radius 1 is 0.704 bits per heavy atom. The molecule has 2 aromatic carbocycles. The van der Waals surface area contributed by atoms with E-state index in [4.69, 9.17) is 46.1 Å². The molecule has 4 nitrogen and oxygen atoms in total. The van der Waals surface area contributed by atoms with Crippen LogP contribution in [0.25, 0.3) is 0 Å². The van der Waals surface area contributed by atoms with E-state index >= 15 is 0 Å². The van der Waals surface area contributed by atoms with Crippen molar-refractivity contribution in [1.82, 2.24) is 0 Å². The van der Waals surface area contributed by atoms with Gasteiger partial charge in [0, 0.05) is 22.5 Å². The molecule has 2 aromatic rings. The molecule has 0 amide bonds. The first-order chi connectivity index (χ1) is 12.6. The lowest BCUT2D eigenvalue weighted by molar-refractivity contribution is 0.565. The summed E-state index contributed by atoms with van der Waals surface area (Å²) >= 11 is 13.4. The quantitative estimate of drug-likeness (QED) is 0.416. The number of anilines is 2. The number of nitrogens with two attached hydrogens (primary N) is 4. The summed E-state index contributed by atoms with van der Waals surface area (Å²) < 4.78 is 0. The van der Waals surface area contributed by atoms with Crippen molar-refractivity contribution < 1.29 is 0 Å². The first-order valence-electron chi connectivity index (χ1n) is 9.43. The molecule has 0 aliphatic rings. The van der Waals surface area contributed by atoms with Gasteiger partial charge in [0.2, 0.25) is 0 Å². The van der Waals surface area contributed by atoms with Crippen LogP contribution in [0.2, 0.25) is 10.0 Å². The van der Waals surface area contributed by atoms with Gasteiger partial charge >= 0.3 is 0 Å². The van der Waals surface area contributed by atoms with Crippen LogP contribution >= 0.6 is 23.2 Å². The summed E-state index contributed by atoms with van der Waals surface area (Å²) in [7, 11) is 0. The van der Waals surface area contributed by atoms with Gasteiger partial charge in [-0.05, 0) is 60.1 Å². The molecule has 148 valence electrons. The molecule has 0 radical (unpaired) electrons. The highest BCUT2D eigenvalue weighted by Crippen LogP contribution is 2.41. The molecule has 0 bridgehead atoms. The number of hydrogen-bond acceptors (Lipinski definition) is 4. The summed E-state index contributed by atoms with van der Waals surface area (Å²) in [4.78, 5) is 0. The predicted octanol–water partition coefficient (Wildman–Crippen LogP) is 4.53. The molecule has 0 unspecified atom stereocenters. The molecular weight excluding hydrogens is 379 g/mol. The summed E-state index contributed by atoms with van der Waals surface area (Å²) in [6.45, 7) is 8.10. The van der Waals surface area contributed by atoms with Crippen LogP contribution in [-0.4, -0.2) is 0 Å². The van der Waals surface area contributed by atoms with Gasteiger partial charge < -0.3 is 22.9 Å². The van der Waals surface area contributed by atoms with Crippen molar-refractivity contribution in [3.05, 3.63) is 55.6 Å². The lowest BCUT2D eigenvalue weighted by atomic mass is 9.85. The maximum atomic E-state index is 6.70. The number of benzene rings is 2. The summed E-state index contributed by atoms with van der Waals surface area (Å²) in [5.74, 6) is 0. The first kappa shape index (κ1) is 21.8. The molecular formula is C21H30Cl2N4. The maximum absolute atomic E-state index is 6.70. The smallest absolute Gasteiger partial charge is 0.119 e. The zero-order chi connectivity index (χ0) is 20.5. The van der Waals surface area contributed by atoms with Gasteiger partial charge in [0.1, 0.15) is 5.66 Å². The van der Waals surface area contributed by atoms with Gasteiger partial charge in [-0.1, -0.05) is 50.9 Å². The molecule has 0 atom stereocenters. The summed E-state index contributed by atoms with van der Waals surface area (Å²) in [5.41, 5.74) is 30.9. The minimum atomic E-state index is -1.36. The van der Waals surface area contributed by atoms with Gasteiger partial charge in [-0.15, -0.1) is 0 Å². The molecule has 0 heterocycles. The van der Waals surface area contributed by atoms with Crippen LogP contribution in [0.15, 0.2) is 12.1 Å². The Morgan fingerprint density at radius 3 is 1.30 bits per heavy atom. The average Bonchev–Trinajstić information content (AvgIpc) is 2.62. The van der Waals surface area contributed by atoms with E-state index in [1.165, 1.54) is 0 Å². The Morgan fingerprint density at radius 2 is 1.04 bits per heavy atom. The largest absolute Gasteiger partial charge is 0.398 e. The summed E-state index contributed by atoms with van der Waals surface area (Å²) in [6, 6.07) is 3.81. The second-order valence-electron chi connectivity index (χ2n) is 6.86. The zero-order valence-corrected chi connectivity index (χ0v) is 18.1. The molecule has 0 aromatic heterocycles. The highest BCUT2D eigenvalue weighted by Gasteiger charge is 2.33. The van der Waals surface area contributed by atoms with Crippen LogP contribution in [0.3, 0.4) is 0 Å². The number of hydrogen-bond donors (Lipinski definition) is 4. The Kier molecular flexibility index (Phi) is 6.69. The van der Waals surface area contributed by atoms with Crippen molar-refractivity contribution in [1.29, 1.82) is 0 Å². The Labute approximate surface area is 172 Å². The molecule has 0 aliphatic heterocycles. The van der Waals surface area contributed by atoms with Crippen LogP contribution in [-0.2, 0) is 31.3 Å². The molecule has 6 heteroatoms. The maximum Gasteiger partial charge on any atom is 0.119 e. The van der Waals surface area contributed by atoms with E-state index in [2.05, 4.69) is 0 Å². The Hall–Kier alpha value is -1.46. The second-order valence-corrected chi connectivity index (χ2v) is 7.62. The SMILES string of the molecule is CCc1cc(C(N)(N)c2cc(CC)c(N)c(CC)c2Cl)c(Cl)c(CC)c1N. The fraction of sp³-hybridized carbons (Fsp3) is 0.429. The van der Waals surface area contributed by atoms with Gasteiger partial charge in [-0.2, -0.15) is 0 Å². The Bertz CT molecular complexity index is 791. The molecule has 27 heavy (non-hydrogen) atoms. The molecule has 0 aliphatic carbocycles. The minimum absolute atomic E-state index is 0.501. The monoisotopic (exact) mass is 408 g/mol. The van der Waals surface area contributed by atoms with Gasteiger partial charge in [0.15, 0.2) is 0 Å². The first-order valence-corrected chi connectivity index (χ1v) is 10.2. The fourth-order valence-electron chi connectivity index (χ4n) is 3.60. The average molecular weight is 409 g/mol. The summed E-state index contributed by atoms with van der Waals surface area (Å²) in [5, 5.41) is 1.00. The van der Waals surface area contributed by atoms with Crippen LogP contribution in [0.5, 0.6) is 0 Å². The third-order valence-corrected chi connectivity index (χ3v) is 6.21. The van der Waals surface area contributed by atoms with Crippen LogP contribution < -0.4 is 22.9 Å². The van der Waals surface area contributed by atoms with Crippen molar-refractivity contribution in [3.8, 4) is 0 Å². The minimum Gasteiger partial charge on any atom is -0.398 e. The van der Waals surface area contributed by atoms with Crippen molar-refractivity contribution in [2.24, 2.45) is 11.5 Å². The Balaban J connectivity index is 2.84. The second kappa shape index (κ2) is 8.27. The molecule has 8 N–H and O–H groups in total. The third kappa shape index (κ3) is 3.64. The number of rotatable bonds is 6. The van der Waals surface area contributed by atoms with E-state index in [-0.39, 0.29) is 0 Å². The molecule has 0 saturated carbocycles. The number of halogens is 2. The van der Waals surface area contributed by atoms with E-state index in [1.807, 2.05) is 39.8 Å². The summed E-state index contributed by atoms with van der Waals surface area (Å²) in [6.07, 6.45) is 2.90. The van der Waals surface area contributed by atoms with Gasteiger partial charge in [0.05, 0.1) is 10.0 Å². The number of nitrogen functional groups attached to an aromatic ring is 2. The normalized spacial score (nSPS) is 11.9. The van der Waals surface area contributed by atoms with E-state index in [0.29, 0.717) is 45.4 Å². The van der Waals surface area contributed by atoms with Crippen molar-refractivity contribution >= 4 is 34.6 Å². The van der Waals surface area contributed by atoms with E-state index < -0.39 is 5.66 Å². The number of aryl methyl sites for hydroxylation is 2. The molecule has 0 spiro atoms. The molecule has 0 fully saturated rings. The predicted molar refractivity (Wildman–Crippen MR) is 118 cm³/mol. The van der Waals surface area contributed by atoms with E-state index in [1.54, 1.807) is 0 Å². The van der Waals surface area contributed by atoms with Crippen LogP contribution in [0.1, 0.15) is 61.1 Å². The lowest BCUT2D eigenvalue weighted by Gasteiger charge is -2.31. The third-order valence-electron chi connectivity index (χ3n) is 5.34. The van der Waals surface area contributed by atoms with Crippen molar-refractivity contribution in [2.45, 2.75) is 59.0 Å². The highest BCUT2D eigenvalue weighted by atomic mass is 35.5. The van der Waals surface area contributed by atoms with Gasteiger partial charge in [0.25, 0.3) is 0 Å². The van der Waals surface area contributed by atoms with Gasteiger partial charge in [-0.25, -0.2) is 0 Å². The standard InChI is InChI=1S/C21H30Cl2N4/c1-5-11-9-15(17(22)13(7-3)19(11)24)21(26,27)16-10-12(6-2)20(25)14(8-4)18(16)23/h9-10H,5-8,24-27H2,1-4H3. The molecule has 2 rings (SSSR count). The van der Waals surface area contributed by atoms with Crippen LogP contribution in [0.4, 0.5) is 11.4 Å². The van der Waals surface area contributed by atoms with Gasteiger partial charge in [-0.3, -0.25) is 0 Å². The van der Waals surface area contributed by atoms with E-state index in [9.17, 15) is 0 Å². The van der Waals surface area contributed by atoms with Crippen molar-refractivity contribution in [2.75, 3.05) is 11.5 Å². The lowest BCUT2D eigenvalue weighted by Crippen LogP contribution is -2.48. The van der Waals surface area contributed by atoms with E-state index in [0.717, 1.165) is 35.1 Å². The zero-order valence-electron chi connectivity index (χ0n) is 16.5. The van der Waals surface area contributed by atoms with Crippen LogP contribution in [0, 0.1) is 0 Å². The highest BCUT2D eigenvalue weighted by molar-refractivity contribution is 6.33. The van der Waals surface area contributed by atoms with Crippen molar-refractivity contribution in [3.63, 3.8) is 0 Å². The fourth-order valence-corrected chi connectivity index (χ4v) is 4.50.